The minimum atomic E-state index is 0.0617. The molecule has 94 valence electrons. The highest BCUT2D eigenvalue weighted by atomic mass is 15.0. The van der Waals surface area contributed by atoms with Gasteiger partial charge in [-0.05, 0) is 31.6 Å². The smallest absolute Gasteiger partial charge is 0.0581 e. The molecule has 0 unspecified atom stereocenters. The second-order valence-electron chi connectivity index (χ2n) is 5.46. The maximum Gasteiger partial charge on any atom is 0.0581 e. The van der Waals surface area contributed by atoms with E-state index in [1.165, 1.54) is 0 Å². The summed E-state index contributed by atoms with van der Waals surface area (Å²) in [7, 11) is 0. The second kappa shape index (κ2) is 7.70. The van der Waals surface area contributed by atoms with E-state index in [0.717, 1.165) is 19.4 Å². The van der Waals surface area contributed by atoms with Crippen LogP contribution in [0.2, 0.25) is 0 Å². The summed E-state index contributed by atoms with van der Waals surface area (Å²) in [5.74, 6) is 7.30. The molecule has 0 saturated carbocycles. The van der Waals surface area contributed by atoms with Crippen LogP contribution in [0.4, 0.5) is 0 Å². The van der Waals surface area contributed by atoms with E-state index in [1.54, 1.807) is 0 Å². The Labute approximate surface area is 101 Å². The monoisotopic (exact) mass is 224 g/mol. The average molecular weight is 224 g/mol. The second-order valence-corrected chi connectivity index (χ2v) is 5.46. The van der Waals surface area contributed by atoms with E-state index >= 15 is 0 Å². The SMILES string of the molecule is CC#CCNC(CN)(CC(C)C)CC(C)C. The minimum Gasteiger partial charge on any atom is -0.329 e. The van der Waals surface area contributed by atoms with E-state index in [2.05, 4.69) is 44.9 Å². The van der Waals surface area contributed by atoms with Gasteiger partial charge in [-0.15, -0.1) is 5.92 Å². The molecule has 0 aliphatic carbocycles. The minimum absolute atomic E-state index is 0.0617. The lowest BCUT2D eigenvalue weighted by Gasteiger charge is -2.36. The predicted molar refractivity (Wildman–Crippen MR) is 72.1 cm³/mol. The van der Waals surface area contributed by atoms with E-state index in [-0.39, 0.29) is 5.54 Å². The maximum atomic E-state index is 5.98. The molecule has 2 heteroatoms. The molecule has 0 aromatic carbocycles. The lowest BCUT2D eigenvalue weighted by molar-refractivity contribution is 0.238. The summed E-state index contributed by atoms with van der Waals surface area (Å²) in [6.07, 6.45) is 2.24. The Morgan fingerprint density at radius 1 is 1.12 bits per heavy atom. The third-order valence-corrected chi connectivity index (χ3v) is 2.72. The first-order chi connectivity index (χ1) is 7.45. The Bertz CT molecular complexity index is 223. The molecular formula is C14H28N2. The number of hydrogen-bond acceptors (Lipinski definition) is 2. The Hall–Kier alpha value is -0.520. The summed E-state index contributed by atoms with van der Waals surface area (Å²) >= 11 is 0. The van der Waals surface area contributed by atoms with Crippen molar-refractivity contribution in [3.8, 4) is 11.8 Å². The van der Waals surface area contributed by atoms with E-state index < -0.39 is 0 Å². The van der Waals surface area contributed by atoms with E-state index in [0.29, 0.717) is 18.4 Å². The van der Waals surface area contributed by atoms with Crippen LogP contribution in [-0.2, 0) is 0 Å². The van der Waals surface area contributed by atoms with Gasteiger partial charge >= 0.3 is 0 Å². The van der Waals surface area contributed by atoms with Gasteiger partial charge in [-0.3, -0.25) is 5.32 Å². The Morgan fingerprint density at radius 2 is 1.62 bits per heavy atom. The topological polar surface area (TPSA) is 38.0 Å². The quantitative estimate of drug-likeness (QED) is 0.652. The normalized spacial score (nSPS) is 11.8. The average Bonchev–Trinajstić information content (AvgIpc) is 2.16. The Balaban J connectivity index is 4.56. The Morgan fingerprint density at radius 3 is 1.94 bits per heavy atom. The highest BCUT2D eigenvalue weighted by Gasteiger charge is 2.29. The molecule has 0 bridgehead atoms. The first kappa shape index (κ1) is 15.5. The third kappa shape index (κ3) is 6.15. The van der Waals surface area contributed by atoms with Gasteiger partial charge in [0.05, 0.1) is 6.54 Å². The fourth-order valence-electron chi connectivity index (χ4n) is 2.35. The van der Waals surface area contributed by atoms with Gasteiger partial charge in [0.15, 0.2) is 0 Å². The van der Waals surface area contributed by atoms with Crippen molar-refractivity contribution in [1.82, 2.24) is 5.32 Å². The van der Waals surface area contributed by atoms with Crippen molar-refractivity contribution in [2.75, 3.05) is 13.1 Å². The van der Waals surface area contributed by atoms with Gasteiger partial charge in [-0.1, -0.05) is 33.6 Å². The van der Waals surface area contributed by atoms with E-state index in [9.17, 15) is 0 Å². The van der Waals surface area contributed by atoms with Crippen molar-refractivity contribution >= 4 is 0 Å². The van der Waals surface area contributed by atoms with Crippen molar-refractivity contribution in [1.29, 1.82) is 0 Å². The summed E-state index contributed by atoms with van der Waals surface area (Å²) in [4.78, 5) is 0. The van der Waals surface area contributed by atoms with Crippen molar-refractivity contribution < 1.29 is 0 Å². The maximum absolute atomic E-state index is 5.98. The van der Waals surface area contributed by atoms with Gasteiger partial charge in [0.25, 0.3) is 0 Å². The molecule has 0 fully saturated rings. The lowest BCUT2D eigenvalue weighted by Crippen LogP contribution is -2.53. The van der Waals surface area contributed by atoms with Gasteiger partial charge in [0.2, 0.25) is 0 Å². The molecule has 0 aliphatic heterocycles. The third-order valence-electron chi connectivity index (χ3n) is 2.72. The fourth-order valence-corrected chi connectivity index (χ4v) is 2.35. The molecule has 0 spiro atoms. The summed E-state index contributed by atoms with van der Waals surface area (Å²) in [5, 5.41) is 3.55. The first-order valence-corrected chi connectivity index (χ1v) is 6.30. The molecule has 0 saturated heterocycles. The van der Waals surface area contributed by atoms with Crippen molar-refractivity contribution in [2.45, 2.75) is 53.0 Å². The van der Waals surface area contributed by atoms with Crippen LogP contribution in [0, 0.1) is 23.7 Å². The number of rotatable bonds is 7. The van der Waals surface area contributed by atoms with Crippen LogP contribution in [0.5, 0.6) is 0 Å². The van der Waals surface area contributed by atoms with Gasteiger partial charge in [-0.2, -0.15) is 0 Å². The zero-order valence-corrected chi connectivity index (χ0v) is 11.6. The summed E-state index contributed by atoms with van der Waals surface area (Å²) in [6, 6.07) is 0. The summed E-state index contributed by atoms with van der Waals surface area (Å²) in [5.41, 5.74) is 6.04. The molecule has 3 N–H and O–H groups in total. The lowest BCUT2D eigenvalue weighted by atomic mass is 9.82. The molecule has 0 aliphatic rings. The number of hydrogen-bond donors (Lipinski definition) is 2. The highest BCUT2D eigenvalue weighted by Crippen LogP contribution is 2.23. The van der Waals surface area contributed by atoms with Gasteiger partial charge in [-0.25, -0.2) is 0 Å². The molecule has 0 heterocycles. The van der Waals surface area contributed by atoms with Gasteiger partial charge < -0.3 is 5.73 Å². The molecule has 0 amide bonds. The molecule has 0 radical (unpaired) electrons. The zero-order valence-electron chi connectivity index (χ0n) is 11.6. The molecule has 0 rings (SSSR count). The van der Waals surface area contributed by atoms with E-state index in [4.69, 9.17) is 5.73 Å². The molecule has 0 aromatic rings. The first-order valence-electron chi connectivity index (χ1n) is 6.30. The van der Waals surface area contributed by atoms with Crippen molar-refractivity contribution in [3.63, 3.8) is 0 Å². The molecular weight excluding hydrogens is 196 g/mol. The van der Waals surface area contributed by atoms with Gasteiger partial charge in [0.1, 0.15) is 0 Å². The highest BCUT2D eigenvalue weighted by molar-refractivity contribution is 5.01. The molecule has 2 nitrogen and oxygen atoms in total. The van der Waals surface area contributed by atoms with Gasteiger partial charge in [0, 0.05) is 12.1 Å². The number of nitrogens with one attached hydrogen (secondary N) is 1. The van der Waals surface area contributed by atoms with Crippen LogP contribution in [-0.4, -0.2) is 18.6 Å². The van der Waals surface area contributed by atoms with Crippen LogP contribution in [0.3, 0.4) is 0 Å². The van der Waals surface area contributed by atoms with Crippen LogP contribution in [0.1, 0.15) is 47.5 Å². The van der Waals surface area contributed by atoms with Crippen molar-refractivity contribution in [2.24, 2.45) is 17.6 Å². The molecule has 0 aromatic heterocycles. The zero-order chi connectivity index (χ0) is 12.6. The Kier molecular flexibility index (Phi) is 7.45. The largest absolute Gasteiger partial charge is 0.329 e. The summed E-state index contributed by atoms with van der Waals surface area (Å²) in [6.45, 7) is 12.3. The molecule has 16 heavy (non-hydrogen) atoms. The predicted octanol–water partition coefficient (Wildman–Crippen LogP) is 2.39. The summed E-state index contributed by atoms with van der Waals surface area (Å²) < 4.78 is 0. The standard InChI is InChI=1S/C14H28N2/c1-6-7-8-16-14(11-15,9-12(2)3)10-13(4)5/h12-13,16H,8-11,15H2,1-5H3. The van der Waals surface area contributed by atoms with Crippen molar-refractivity contribution in [3.05, 3.63) is 0 Å². The fraction of sp³-hybridized carbons (Fsp3) is 0.857. The van der Waals surface area contributed by atoms with Crippen LogP contribution < -0.4 is 11.1 Å². The molecule has 0 atom stereocenters. The van der Waals surface area contributed by atoms with E-state index in [1.807, 2.05) is 6.92 Å². The van der Waals surface area contributed by atoms with Crippen LogP contribution >= 0.6 is 0 Å². The van der Waals surface area contributed by atoms with Crippen LogP contribution in [0.15, 0.2) is 0 Å². The number of nitrogens with two attached hydrogens (primary N) is 1. The van der Waals surface area contributed by atoms with Crippen LogP contribution in [0.25, 0.3) is 0 Å².